The summed E-state index contributed by atoms with van der Waals surface area (Å²) in [6, 6.07) is 5.36. The maximum absolute atomic E-state index is 9.97. The normalized spacial score (nSPS) is 24.8. The summed E-state index contributed by atoms with van der Waals surface area (Å²) in [5.41, 5.74) is 0.612. The topological polar surface area (TPSA) is 52.5 Å². The first-order valence-electron chi connectivity index (χ1n) is 7.77. The lowest BCUT2D eigenvalue weighted by Crippen LogP contribution is -2.42. The molecule has 2 rings (SSSR count). The molecule has 0 aliphatic heterocycles. The Morgan fingerprint density at radius 3 is 2.25 bits per heavy atom. The Labute approximate surface area is 122 Å². The average Bonchev–Trinajstić information content (AvgIpc) is 2.38. The zero-order valence-corrected chi connectivity index (χ0v) is 12.8. The fourth-order valence-electron chi connectivity index (χ4n) is 3.55. The molecule has 3 atom stereocenters. The summed E-state index contributed by atoms with van der Waals surface area (Å²) in [7, 11) is 0. The highest BCUT2D eigenvalue weighted by atomic mass is 16.3. The van der Waals surface area contributed by atoms with Gasteiger partial charge in [0.1, 0.15) is 11.5 Å². The van der Waals surface area contributed by atoms with Crippen molar-refractivity contribution >= 4 is 0 Å². The van der Waals surface area contributed by atoms with Crippen molar-refractivity contribution < 1.29 is 10.2 Å². The number of phenols is 2. The number of hydrogen-bond acceptors (Lipinski definition) is 3. The van der Waals surface area contributed by atoms with Crippen molar-refractivity contribution in [2.45, 2.75) is 58.5 Å². The van der Waals surface area contributed by atoms with Crippen molar-refractivity contribution in [1.82, 2.24) is 5.32 Å². The molecule has 1 aromatic carbocycles. The number of phenolic OH excluding ortho intramolecular Hbond substituents is 2. The molecule has 0 bridgehead atoms. The lowest BCUT2D eigenvalue weighted by Gasteiger charge is -2.37. The average molecular weight is 277 g/mol. The van der Waals surface area contributed by atoms with E-state index in [0.29, 0.717) is 23.4 Å². The maximum atomic E-state index is 9.97. The Hall–Kier alpha value is -1.22. The zero-order chi connectivity index (χ0) is 14.7. The van der Waals surface area contributed by atoms with Gasteiger partial charge < -0.3 is 15.5 Å². The predicted octanol–water partition coefficient (Wildman–Crippen LogP) is 3.96. The fraction of sp³-hybridized carbons (Fsp3) is 0.647. The molecule has 3 nitrogen and oxygen atoms in total. The number of hydrogen-bond donors (Lipinski definition) is 3. The van der Waals surface area contributed by atoms with Crippen LogP contribution < -0.4 is 5.32 Å². The Balaban J connectivity index is 2.12. The summed E-state index contributed by atoms with van der Waals surface area (Å²) >= 11 is 0. The van der Waals surface area contributed by atoms with Gasteiger partial charge in [-0.2, -0.15) is 0 Å². The lowest BCUT2D eigenvalue weighted by molar-refractivity contribution is 0.193. The van der Waals surface area contributed by atoms with E-state index in [2.05, 4.69) is 19.2 Å². The summed E-state index contributed by atoms with van der Waals surface area (Å²) in [5.74, 6) is 1.68. The second-order valence-corrected chi connectivity index (χ2v) is 6.40. The summed E-state index contributed by atoms with van der Waals surface area (Å²) in [4.78, 5) is 0. The van der Waals surface area contributed by atoms with Gasteiger partial charge in [0, 0.05) is 12.1 Å². The lowest BCUT2D eigenvalue weighted by atomic mass is 9.77. The molecule has 1 aromatic rings. The van der Waals surface area contributed by atoms with Crippen LogP contribution in [0, 0.1) is 11.8 Å². The molecule has 112 valence electrons. The van der Waals surface area contributed by atoms with Crippen LogP contribution in [0.5, 0.6) is 11.5 Å². The highest BCUT2D eigenvalue weighted by Crippen LogP contribution is 2.36. The Morgan fingerprint density at radius 1 is 1.05 bits per heavy atom. The fourth-order valence-corrected chi connectivity index (χ4v) is 3.55. The number of benzene rings is 1. The first kappa shape index (κ1) is 15.2. The molecule has 3 N–H and O–H groups in total. The van der Waals surface area contributed by atoms with Crippen LogP contribution in [0.2, 0.25) is 0 Å². The van der Waals surface area contributed by atoms with Crippen LogP contribution in [0.3, 0.4) is 0 Å². The van der Waals surface area contributed by atoms with Crippen LogP contribution >= 0.6 is 0 Å². The molecule has 1 saturated carbocycles. The molecule has 0 aromatic heterocycles. The quantitative estimate of drug-likeness (QED) is 0.780. The van der Waals surface area contributed by atoms with E-state index in [0.717, 1.165) is 0 Å². The second-order valence-electron chi connectivity index (χ2n) is 6.40. The molecule has 1 fully saturated rings. The maximum Gasteiger partial charge on any atom is 0.124 e. The Morgan fingerprint density at radius 2 is 1.65 bits per heavy atom. The molecule has 0 spiro atoms. The van der Waals surface area contributed by atoms with E-state index in [4.69, 9.17) is 0 Å². The highest BCUT2D eigenvalue weighted by Gasteiger charge is 2.29. The van der Waals surface area contributed by atoms with E-state index in [1.165, 1.54) is 25.7 Å². The number of nitrogens with one attached hydrogen (secondary N) is 1. The summed E-state index contributed by atoms with van der Waals surface area (Å²) in [6.07, 6.45) is 5.04. The second kappa shape index (κ2) is 6.49. The molecular weight excluding hydrogens is 250 g/mol. The van der Waals surface area contributed by atoms with Crippen molar-refractivity contribution in [3.05, 3.63) is 23.8 Å². The monoisotopic (exact) mass is 277 g/mol. The third-order valence-corrected chi connectivity index (χ3v) is 4.63. The molecule has 0 radical (unpaired) electrons. The van der Waals surface area contributed by atoms with Gasteiger partial charge in [-0.3, -0.25) is 0 Å². The van der Waals surface area contributed by atoms with E-state index in [-0.39, 0.29) is 17.5 Å². The molecular formula is C17H27NO2. The first-order chi connectivity index (χ1) is 9.50. The standard InChI is InChI=1S/C17H27NO2/c1-11(2)13-7-4-5-8-14(13)18-12(3)17-15(19)9-6-10-16(17)20/h6,9-14,18-20H,4-5,7-8H2,1-3H3. The highest BCUT2D eigenvalue weighted by molar-refractivity contribution is 5.44. The first-order valence-corrected chi connectivity index (χ1v) is 7.77. The summed E-state index contributed by atoms with van der Waals surface area (Å²) in [5, 5.41) is 23.6. The van der Waals surface area contributed by atoms with Gasteiger partial charge >= 0.3 is 0 Å². The molecule has 0 amide bonds. The van der Waals surface area contributed by atoms with E-state index in [1.54, 1.807) is 18.2 Å². The van der Waals surface area contributed by atoms with Gasteiger partial charge in [0.25, 0.3) is 0 Å². The number of aromatic hydroxyl groups is 2. The van der Waals surface area contributed by atoms with Gasteiger partial charge in [-0.1, -0.05) is 32.8 Å². The van der Waals surface area contributed by atoms with Crippen LogP contribution in [-0.4, -0.2) is 16.3 Å². The van der Waals surface area contributed by atoms with Crippen molar-refractivity contribution in [3.8, 4) is 11.5 Å². The van der Waals surface area contributed by atoms with Gasteiger partial charge in [0.05, 0.1) is 5.56 Å². The van der Waals surface area contributed by atoms with E-state index in [1.807, 2.05) is 6.92 Å². The minimum absolute atomic E-state index is 0.0412. The number of rotatable bonds is 4. The Bertz CT molecular complexity index is 424. The molecule has 0 heterocycles. The Kier molecular flexibility index (Phi) is 4.92. The van der Waals surface area contributed by atoms with Crippen molar-refractivity contribution in [2.24, 2.45) is 11.8 Å². The van der Waals surface area contributed by atoms with Crippen molar-refractivity contribution in [2.75, 3.05) is 0 Å². The molecule has 3 heteroatoms. The van der Waals surface area contributed by atoms with E-state index >= 15 is 0 Å². The van der Waals surface area contributed by atoms with Gasteiger partial charge in [-0.05, 0) is 43.7 Å². The zero-order valence-electron chi connectivity index (χ0n) is 12.8. The van der Waals surface area contributed by atoms with Gasteiger partial charge in [-0.25, -0.2) is 0 Å². The van der Waals surface area contributed by atoms with Gasteiger partial charge in [-0.15, -0.1) is 0 Å². The smallest absolute Gasteiger partial charge is 0.124 e. The van der Waals surface area contributed by atoms with Crippen LogP contribution in [0.1, 0.15) is 58.1 Å². The van der Waals surface area contributed by atoms with Crippen LogP contribution in [0.15, 0.2) is 18.2 Å². The van der Waals surface area contributed by atoms with Crippen molar-refractivity contribution in [3.63, 3.8) is 0 Å². The van der Waals surface area contributed by atoms with E-state index in [9.17, 15) is 10.2 Å². The van der Waals surface area contributed by atoms with Crippen LogP contribution in [0.4, 0.5) is 0 Å². The summed E-state index contributed by atoms with van der Waals surface area (Å²) in [6.45, 7) is 6.58. The van der Waals surface area contributed by atoms with Crippen molar-refractivity contribution in [1.29, 1.82) is 0 Å². The van der Waals surface area contributed by atoms with Gasteiger partial charge in [0.15, 0.2) is 0 Å². The third-order valence-electron chi connectivity index (χ3n) is 4.63. The molecule has 1 aliphatic carbocycles. The minimum atomic E-state index is -0.0412. The molecule has 20 heavy (non-hydrogen) atoms. The van der Waals surface area contributed by atoms with E-state index < -0.39 is 0 Å². The SMILES string of the molecule is CC(NC1CCCCC1C(C)C)c1c(O)cccc1O. The van der Waals surface area contributed by atoms with Gasteiger partial charge in [0.2, 0.25) is 0 Å². The predicted molar refractivity (Wildman–Crippen MR) is 81.9 cm³/mol. The largest absolute Gasteiger partial charge is 0.507 e. The molecule has 0 saturated heterocycles. The van der Waals surface area contributed by atoms with Crippen LogP contribution in [0.25, 0.3) is 0 Å². The molecule has 3 unspecified atom stereocenters. The minimum Gasteiger partial charge on any atom is -0.507 e. The van der Waals surface area contributed by atoms with Crippen LogP contribution in [-0.2, 0) is 0 Å². The summed E-state index contributed by atoms with van der Waals surface area (Å²) < 4.78 is 0. The molecule has 1 aliphatic rings. The third kappa shape index (κ3) is 3.26.